The van der Waals surface area contributed by atoms with Crippen molar-refractivity contribution in [2.75, 3.05) is 0 Å². The number of aryl methyl sites for hydroxylation is 2. The minimum atomic E-state index is -1.73. The van der Waals surface area contributed by atoms with E-state index in [1.54, 1.807) is 0 Å². The molecule has 0 fully saturated rings. The number of benzene rings is 2. The van der Waals surface area contributed by atoms with Crippen LogP contribution in [0.15, 0.2) is 65.8 Å². The number of aromatic nitrogens is 2. The van der Waals surface area contributed by atoms with Crippen LogP contribution >= 0.6 is 0 Å². The van der Waals surface area contributed by atoms with E-state index in [2.05, 4.69) is 43.8 Å². The number of hydrogen-bond acceptors (Lipinski definition) is 3. The van der Waals surface area contributed by atoms with E-state index >= 15 is 0 Å². The fraction of sp³-hybridized carbons (Fsp3) is 0.238. The summed E-state index contributed by atoms with van der Waals surface area (Å²) in [5.41, 5.74) is 4.91. The van der Waals surface area contributed by atoms with E-state index in [1.807, 2.05) is 60.4 Å². The summed E-state index contributed by atoms with van der Waals surface area (Å²) in [6, 6.07) is 18.2. The molecule has 2 aromatic carbocycles. The molecular formula is C21H25N3OSi. The zero-order valence-corrected chi connectivity index (χ0v) is 17.0. The molecule has 3 aromatic rings. The minimum absolute atomic E-state index is 0.833. The molecule has 0 aliphatic heterocycles. The monoisotopic (exact) mass is 363 g/mol. The summed E-state index contributed by atoms with van der Waals surface area (Å²) in [6.07, 6.45) is 1.87. The molecule has 0 bridgehead atoms. The van der Waals surface area contributed by atoms with Gasteiger partial charge in [0, 0.05) is 12.6 Å². The van der Waals surface area contributed by atoms with Gasteiger partial charge in [-0.05, 0) is 44.3 Å². The highest BCUT2D eigenvalue weighted by atomic mass is 28.4. The second-order valence-corrected chi connectivity index (χ2v) is 11.7. The molecule has 0 amide bonds. The second kappa shape index (κ2) is 7.29. The molecule has 0 N–H and O–H groups in total. The van der Waals surface area contributed by atoms with Crippen molar-refractivity contribution in [2.24, 2.45) is 12.0 Å². The lowest BCUT2D eigenvalue weighted by atomic mass is 10.0. The van der Waals surface area contributed by atoms with Gasteiger partial charge < -0.3 is 4.43 Å². The van der Waals surface area contributed by atoms with E-state index in [0.717, 1.165) is 34.0 Å². The summed E-state index contributed by atoms with van der Waals surface area (Å²) in [5, 5.41) is 4.40. The van der Waals surface area contributed by atoms with Crippen molar-refractivity contribution in [1.82, 2.24) is 9.78 Å². The fourth-order valence-corrected chi connectivity index (χ4v) is 3.66. The maximum absolute atomic E-state index is 6.26. The van der Waals surface area contributed by atoms with Gasteiger partial charge in [-0.25, -0.2) is 4.99 Å². The largest absolute Gasteiger partial charge is 0.543 e. The molecular weight excluding hydrogens is 338 g/mol. The molecule has 0 radical (unpaired) electrons. The first-order valence-corrected chi connectivity index (χ1v) is 12.2. The van der Waals surface area contributed by atoms with Gasteiger partial charge in [-0.1, -0.05) is 42.5 Å². The van der Waals surface area contributed by atoms with E-state index < -0.39 is 8.32 Å². The highest BCUT2D eigenvalue weighted by Gasteiger charge is 2.19. The zero-order chi connectivity index (χ0) is 18.7. The molecule has 26 heavy (non-hydrogen) atoms. The molecule has 0 saturated carbocycles. The quantitative estimate of drug-likeness (QED) is 0.467. The average molecular weight is 364 g/mol. The van der Waals surface area contributed by atoms with Gasteiger partial charge in [0.05, 0.1) is 17.6 Å². The Morgan fingerprint density at radius 3 is 2.27 bits per heavy atom. The van der Waals surface area contributed by atoms with Crippen LogP contribution in [0.3, 0.4) is 0 Å². The van der Waals surface area contributed by atoms with Crippen molar-refractivity contribution in [3.05, 3.63) is 77.6 Å². The number of para-hydroxylation sites is 2. The number of nitrogens with zero attached hydrogens (tertiary/aromatic N) is 3. The molecule has 1 heterocycles. The van der Waals surface area contributed by atoms with E-state index in [-0.39, 0.29) is 0 Å². The molecule has 0 unspecified atom stereocenters. The molecule has 4 nitrogen and oxygen atoms in total. The molecule has 1 aromatic heterocycles. The maximum Gasteiger partial charge on any atom is 0.242 e. The topological polar surface area (TPSA) is 39.4 Å². The van der Waals surface area contributed by atoms with Gasteiger partial charge in [0.15, 0.2) is 0 Å². The summed E-state index contributed by atoms with van der Waals surface area (Å²) >= 11 is 0. The first kappa shape index (κ1) is 18.1. The van der Waals surface area contributed by atoms with Crippen molar-refractivity contribution in [2.45, 2.75) is 26.6 Å². The lowest BCUT2D eigenvalue weighted by molar-refractivity contribution is 0.559. The molecule has 3 rings (SSSR count). The molecule has 0 atom stereocenters. The third kappa shape index (κ3) is 4.11. The van der Waals surface area contributed by atoms with E-state index in [0.29, 0.717) is 0 Å². The second-order valence-electron chi connectivity index (χ2n) is 7.31. The lowest BCUT2D eigenvalue weighted by Gasteiger charge is -2.20. The molecule has 134 valence electrons. The SMILES string of the molecule is Cc1cnn(C)c1C(=Nc1ccccc1O[Si](C)(C)C)c1ccccc1. The highest BCUT2D eigenvalue weighted by molar-refractivity contribution is 6.70. The van der Waals surface area contributed by atoms with Crippen molar-refractivity contribution in [3.63, 3.8) is 0 Å². The summed E-state index contributed by atoms with van der Waals surface area (Å²) < 4.78 is 8.13. The van der Waals surface area contributed by atoms with Crippen LogP contribution in [0.1, 0.15) is 16.8 Å². The standard InChI is InChI=1S/C21H25N3OSi/c1-16-15-22-24(2)21(16)20(17-11-7-6-8-12-17)23-18-13-9-10-14-19(18)25-26(3,4)5/h6-15H,1-5H3. The average Bonchev–Trinajstić information content (AvgIpc) is 2.92. The van der Waals surface area contributed by atoms with Crippen LogP contribution < -0.4 is 4.43 Å². The molecule has 5 heteroatoms. The summed E-state index contributed by atoms with van der Waals surface area (Å²) in [6.45, 7) is 8.59. The Morgan fingerprint density at radius 1 is 1.00 bits per heavy atom. The van der Waals surface area contributed by atoms with Crippen LogP contribution in [0.4, 0.5) is 5.69 Å². The lowest BCUT2D eigenvalue weighted by Crippen LogP contribution is -2.29. The summed E-state index contributed by atoms with van der Waals surface area (Å²) in [5.74, 6) is 0.833. The highest BCUT2D eigenvalue weighted by Crippen LogP contribution is 2.31. The van der Waals surface area contributed by atoms with Crippen molar-refractivity contribution >= 4 is 19.7 Å². The van der Waals surface area contributed by atoms with E-state index in [9.17, 15) is 0 Å². The molecule has 0 aliphatic carbocycles. The first-order chi connectivity index (χ1) is 12.3. The van der Waals surface area contributed by atoms with Crippen LogP contribution in [0.5, 0.6) is 5.75 Å². The predicted molar refractivity (Wildman–Crippen MR) is 110 cm³/mol. The van der Waals surface area contributed by atoms with Gasteiger partial charge in [0.2, 0.25) is 8.32 Å². The third-order valence-corrected chi connectivity index (χ3v) is 4.74. The van der Waals surface area contributed by atoms with E-state index in [4.69, 9.17) is 9.42 Å². The maximum atomic E-state index is 6.26. The fourth-order valence-electron chi connectivity index (χ4n) is 2.82. The van der Waals surface area contributed by atoms with Gasteiger partial charge >= 0.3 is 0 Å². The minimum Gasteiger partial charge on any atom is -0.543 e. The van der Waals surface area contributed by atoms with Gasteiger partial charge in [0.1, 0.15) is 11.4 Å². The first-order valence-electron chi connectivity index (χ1n) is 8.76. The Balaban J connectivity index is 2.18. The van der Waals surface area contributed by atoms with E-state index in [1.165, 1.54) is 0 Å². The molecule has 0 aliphatic rings. The summed E-state index contributed by atoms with van der Waals surface area (Å²) in [4.78, 5) is 5.03. The third-order valence-electron chi connectivity index (χ3n) is 3.91. The van der Waals surface area contributed by atoms with Gasteiger partial charge in [-0.3, -0.25) is 4.68 Å². The van der Waals surface area contributed by atoms with Crippen LogP contribution in [-0.2, 0) is 7.05 Å². The number of aliphatic imine (C=N–C) groups is 1. The number of hydrogen-bond donors (Lipinski definition) is 0. The van der Waals surface area contributed by atoms with Crippen LogP contribution in [0.25, 0.3) is 0 Å². The Kier molecular flexibility index (Phi) is 5.09. The van der Waals surface area contributed by atoms with Crippen LogP contribution in [-0.4, -0.2) is 23.8 Å². The Labute approximate surface area is 156 Å². The van der Waals surface area contributed by atoms with Gasteiger partial charge in [-0.2, -0.15) is 5.10 Å². The predicted octanol–water partition coefficient (Wildman–Crippen LogP) is 5.11. The van der Waals surface area contributed by atoms with Crippen molar-refractivity contribution < 1.29 is 4.43 Å². The van der Waals surface area contributed by atoms with Gasteiger partial charge in [-0.15, -0.1) is 0 Å². The zero-order valence-electron chi connectivity index (χ0n) is 16.0. The van der Waals surface area contributed by atoms with Crippen LogP contribution in [0.2, 0.25) is 19.6 Å². The van der Waals surface area contributed by atoms with Crippen molar-refractivity contribution in [1.29, 1.82) is 0 Å². The Bertz CT molecular complexity index is 904. The van der Waals surface area contributed by atoms with Gasteiger partial charge in [0.25, 0.3) is 0 Å². The molecule has 0 saturated heterocycles. The van der Waals surface area contributed by atoms with Crippen molar-refractivity contribution in [3.8, 4) is 5.75 Å². The Hall–Kier alpha value is -2.66. The smallest absolute Gasteiger partial charge is 0.242 e. The molecule has 0 spiro atoms. The normalized spacial score (nSPS) is 12.3. The van der Waals surface area contributed by atoms with Crippen LogP contribution in [0, 0.1) is 6.92 Å². The number of rotatable bonds is 5. The summed E-state index contributed by atoms with van der Waals surface area (Å²) in [7, 11) is 0.215. The Morgan fingerprint density at radius 2 is 1.65 bits per heavy atom.